The quantitative estimate of drug-likeness (QED) is 0.725. The molecule has 0 bridgehead atoms. The summed E-state index contributed by atoms with van der Waals surface area (Å²) in [5.41, 5.74) is 1.82. The first kappa shape index (κ1) is 21.6. The number of alkyl halides is 2. The molecule has 2 fully saturated rings. The van der Waals surface area contributed by atoms with E-state index in [1.165, 1.54) is 6.08 Å². The average Bonchev–Trinajstić information content (AvgIpc) is 3.25. The van der Waals surface area contributed by atoms with Crippen LogP contribution in [0.2, 0.25) is 0 Å². The second-order valence-corrected chi connectivity index (χ2v) is 8.55. The van der Waals surface area contributed by atoms with Crippen molar-refractivity contribution in [1.29, 1.82) is 0 Å². The summed E-state index contributed by atoms with van der Waals surface area (Å²) in [5, 5.41) is 12.1. The number of hydrogen-bond acceptors (Lipinski definition) is 4. The fourth-order valence-electron chi connectivity index (χ4n) is 4.54. The van der Waals surface area contributed by atoms with Crippen LogP contribution in [0.1, 0.15) is 30.9 Å². The molecule has 0 aromatic heterocycles. The van der Waals surface area contributed by atoms with Crippen molar-refractivity contribution in [2.24, 2.45) is 5.92 Å². The number of allylic oxidation sites excluding steroid dienone is 3. The third-order valence-electron chi connectivity index (χ3n) is 6.41. The fourth-order valence-corrected chi connectivity index (χ4v) is 4.54. The molecule has 2 saturated heterocycles. The van der Waals surface area contributed by atoms with E-state index in [-0.39, 0.29) is 36.6 Å². The number of β-amino-alcohol motifs (C(OH)–C–C–N with tert-alkyl or cyclic N) is 1. The van der Waals surface area contributed by atoms with Gasteiger partial charge in [-0.1, -0.05) is 36.4 Å². The van der Waals surface area contributed by atoms with E-state index >= 15 is 0 Å². The van der Waals surface area contributed by atoms with Crippen LogP contribution in [0, 0.1) is 5.92 Å². The molecule has 1 unspecified atom stereocenters. The Morgan fingerprint density at radius 3 is 2.77 bits per heavy atom. The minimum atomic E-state index is -3.41. The molecule has 1 aromatic carbocycles. The Hall–Kier alpha value is -2.58. The van der Waals surface area contributed by atoms with Gasteiger partial charge in [-0.15, -0.1) is 0 Å². The Labute approximate surface area is 180 Å². The summed E-state index contributed by atoms with van der Waals surface area (Å²) in [6.07, 6.45) is 3.61. The molecule has 0 spiro atoms. The zero-order valence-electron chi connectivity index (χ0n) is 17.4. The maximum absolute atomic E-state index is 13.9. The zero-order chi connectivity index (χ0) is 22.2. The van der Waals surface area contributed by atoms with Crippen LogP contribution in [-0.2, 0) is 9.59 Å². The topological polar surface area (TPSA) is 72.9 Å². The smallest absolute Gasteiger partial charge is 0.333 e. The second-order valence-electron chi connectivity index (χ2n) is 8.55. The Balaban J connectivity index is 1.47. The summed E-state index contributed by atoms with van der Waals surface area (Å²) in [7, 11) is 1.75. The number of aliphatic hydroxyl groups excluding tert-OH is 1. The highest BCUT2D eigenvalue weighted by molar-refractivity contribution is 5.90. The van der Waals surface area contributed by atoms with Crippen molar-refractivity contribution in [3.8, 4) is 0 Å². The largest absolute Gasteiger partial charge is 0.392 e. The number of aliphatic hydroxyl groups is 1. The molecule has 3 aliphatic rings. The summed E-state index contributed by atoms with van der Waals surface area (Å²) in [6, 6.07) is 9.53. The normalized spacial score (nSPS) is 26.0. The van der Waals surface area contributed by atoms with Gasteiger partial charge in [0.15, 0.2) is 0 Å². The molecule has 1 aliphatic carbocycles. The van der Waals surface area contributed by atoms with E-state index in [1.54, 1.807) is 18.0 Å². The van der Waals surface area contributed by atoms with Crippen LogP contribution in [0.5, 0.6) is 0 Å². The average molecular weight is 431 g/mol. The van der Waals surface area contributed by atoms with Crippen LogP contribution < -0.4 is 5.32 Å². The molecule has 31 heavy (non-hydrogen) atoms. The number of hydrogen-bond donors (Lipinski definition) is 2. The van der Waals surface area contributed by atoms with Gasteiger partial charge in [0.25, 0.3) is 5.91 Å². The molecule has 2 amide bonds. The number of halogens is 2. The van der Waals surface area contributed by atoms with E-state index < -0.39 is 17.7 Å². The van der Waals surface area contributed by atoms with Crippen molar-refractivity contribution < 1.29 is 23.5 Å². The molecule has 6 nitrogen and oxygen atoms in total. The molecule has 2 N–H and O–H groups in total. The highest BCUT2D eigenvalue weighted by Gasteiger charge is 2.55. The van der Waals surface area contributed by atoms with Crippen LogP contribution in [0.15, 0.2) is 53.8 Å². The number of fused-ring (bicyclic) bond motifs is 1. The van der Waals surface area contributed by atoms with Crippen molar-refractivity contribution in [3.05, 3.63) is 59.3 Å². The Morgan fingerprint density at radius 1 is 1.35 bits per heavy atom. The maximum Gasteiger partial charge on any atom is 0.333 e. The lowest BCUT2D eigenvalue weighted by Crippen LogP contribution is -2.39. The van der Waals surface area contributed by atoms with Gasteiger partial charge < -0.3 is 15.3 Å². The number of likely N-dealkylation sites (tertiary alicyclic amines) is 1. The van der Waals surface area contributed by atoms with Crippen LogP contribution in [-0.4, -0.2) is 65.4 Å². The second kappa shape index (κ2) is 8.51. The molecule has 1 aromatic rings. The number of amides is 2. The van der Waals surface area contributed by atoms with E-state index in [0.29, 0.717) is 18.7 Å². The van der Waals surface area contributed by atoms with Gasteiger partial charge in [-0.05, 0) is 30.1 Å². The van der Waals surface area contributed by atoms with Crippen molar-refractivity contribution in [2.75, 3.05) is 26.7 Å². The van der Waals surface area contributed by atoms with Crippen molar-refractivity contribution in [3.63, 3.8) is 0 Å². The van der Waals surface area contributed by atoms with Gasteiger partial charge in [0, 0.05) is 32.4 Å². The fraction of sp³-hybridized carbons (Fsp3) is 0.478. The minimum Gasteiger partial charge on any atom is -0.392 e. The molecule has 8 heteroatoms. The van der Waals surface area contributed by atoms with Gasteiger partial charge >= 0.3 is 5.92 Å². The number of nitrogens with one attached hydrogen (secondary N) is 1. The Kier molecular flexibility index (Phi) is 5.94. The van der Waals surface area contributed by atoms with Gasteiger partial charge in [0.05, 0.1) is 24.5 Å². The zero-order valence-corrected chi connectivity index (χ0v) is 17.4. The summed E-state index contributed by atoms with van der Waals surface area (Å²) in [6.45, 7) is 1.96. The first-order valence-corrected chi connectivity index (χ1v) is 10.6. The molecule has 0 radical (unpaired) electrons. The van der Waals surface area contributed by atoms with Gasteiger partial charge in [-0.25, -0.2) is 0 Å². The molecule has 2 heterocycles. The lowest BCUT2D eigenvalue weighted by molar-refractivity contribution is -0.144. The van der Waals surface area contributed by atoms with E-state index in [0.717, 1.165) is 18.5 Å². The molecule has 2 aliphatic heterocycles. The van der Waals surface area contributed by atoms with Crippen molar-refractivity contribution >= 4 is 11.8 Å². The summed E-state index contributed by atoms with van der Waals surface area (Å²) in [5.74, 6) is -5.99. The highest BCUT2D eigenvalue weighted by atomic mass is 19.3. The standard InChI is InChI=1S/C23H27F2N3O3/c1-27(20(16-5-3-2-4-6-16)14-28-10-9-17(29)13-28)21(30)12-15-7-8-18-19(11-15)26-22(31)23(18,24)25/h2-7,11,17-18,20,29H,8-10,12-14H2,1H3,(H,26,31)/t17-,18?,20+/m0/s1. The Morgan fingerprint density at radius 2 is 2.10 bits per heavy atom. The molecule has 166 valence electrons. The third-order valence-corrected chi connectivity index (χ3v) is 6.41. The number of rotatable bonds is 6. The first-order chi connectivity index (χ1) is 14.8. The lowest BCUT2D eigenvalue weighted by atomic mass is 9.90. The number of carbonyl (C=O) groups excluding carboxylic acids is 2. The number of benzene rings is 1. The highest BCUT2D eigenvalue weighted by Crippen LogP contribution is 2.41. The summed E-state index contributed by atoms with van der Waals surface area (Å²) < 4.78 is 27.9. The van der Waals surface area contributed by atoms with Crippen LogP contribution in [0.3, 0.4) is 0 Å². The van der Waals surface area contributed by atoms with Gasteiger partial charge in [0.1, 0.15) is 0 Å². The SMILES string of the molecule is CN(C(=O)CC1=CCC2C(=C1)NC(=O)C2(F)F)[C@H](CN1CC[C@H](O)C1)c1ccccc1. The van der Waals surface area contributed by atoms with Crippen LogP contribution in [0.4, 0.5) is 8.78 Å². The third kappa shape index (κ3) is 4.41. The molecular formula is C23H27F2N3O3. The number of likely N-dealkylation sites (N-methyl/N-ethyl adjacent to an activating group) is 1. The van der Waals surface area contributed by atoms with Crippen molar-refractivity contribution in [1.82, 2.24) is 15.1 Å². The summed E-state index contributed by atoms with van der Waals surface area (Å²) in [4.78, 5) is 28.4. The van der Waals surface area contributed by atoms with E-state index in [4.69, 9.17) is 0 Å². The van der Waals surface area contributed by atoms with Crippen LogP contribution in [0.25, 0.3) is 0 Å². The van der Waals surface area contributed by atoms with E-state index in [9.17, 15) is 23.5 Å². The molecule has 4 rings (SSSR count). The van der Waals surface area contributed by atoms with Crippen LogP contribution >= 0.6 is 0 Å². The van der Waals surface area contributed by atoms with E-state index in [2.05, 4.69) is 10.2 Å². The first-order valence-electron chi connectivity index (χ1n) is 10.6. The molecular weight excluding hydrogens is 404 g/mol. The minimum absolute atomic E-state index is 0.0255. The monoisotopic (exact) mass is 431 g/mol. The lowest BCUT2D eigenvalue weighted by Gasteiger charge is -2.32. The molecule has 0 saturated carbocycles. The van der Waals surface area contributed by atoms with Gasteiger partial charge in [0.2, 0.25) is 5.91 Å². The number of nitrogens with zero attached hydrogens (tertiary/aromatic N) is 2. The Bertz CT molecular complexity index is 916. The maximum atomic E-state index is 13.9. The van der Waals surface area contributed by atoms with Gasteiger partial charge in [-0.2, -0.15) is 8.78 Å². The molecule has 3 atom stereocenters. The summed E-state index contributed by atoms with van der Waals surface area (Å²) >= 11 is 0. The van der Waals surface area contributed by atoms with Gasteiger partial charge in [-0.3, -0.25) is 14.5 Å². The van der Waals surface area contributed by atoms with Crippen molar-refractivity contribution in [2.45, 2.75) is 37.3 Å². The number of carbonyl (C=O) groups is 2. The predicted octanol–water partition coefficient (Wildman–Crippen LogP) is 2.24. The predicted molar refractivity (Wildman–Crippen MR) is 111 cm³/mol. The van der Waals surface area contributed by atoms with E-state index in [1.807, 2.05) is 30.3 Å².